The predicted molar refractivity (Wildman–Crippen MR) is 101 cm³/mol. The Hall–Kier alpha value is -1.91. The largest absolute Gasteiger partial charge is 0.350 e. The molecule has 1 heterocycles. The second-order valence-corrected chi connectivity index (χ2v) is 8.94. The van der Waals surface area contributed by atoms with E-state index in [1.54, 1.807) is 12.1 Å². The number of hydrogen-bond acceptors (Lipinski definition) is 2. The third-order valence-corrected chi connectivity index (χ3v) is 6.50. The minimum absolute atomic E-state index is 0.0131. The average Bonchev–Trinajstić information content (AvgIpc) is 3.36. The number of hydrogen-bond donors (Lipinski definition) is 1. The number of carbonyl (C=O) groups is 2. The first-order valence-corrected chi connectivity index (χ1v) is 10.3. The molecule has 2 aliphatic carbocycles. The van der Waals surface area contributed by atoms with E-state index in [9.17, 15) is 14.0 Å². The highest BCUT2D eigenvalue weighted by molar-refractivity contribution is 5.91. The zero-order valence-corrected chi connectivity index (χ0v) is 16.2. The van der Waals surface area contributed by atoms with E-state index in [1.165, 1.54) is 18.6 Å². The molecule has 3 aliphatic rings. The summed E-state index contributed by atoms with van der Waals surface area (Å²) in [6.07, 6.45) is 5.00. The Morgan fingerprint density at radius 2 is 1.96 bits per heavy atom. The van der Waals surface area contributed by atoms with Crippen LogP contribution in [0.1, 0.15) is 57.4 Å². The van der Waals surface area contributed by atoms with Gasteiger partial charge < -0.3 is 10.2 Å². The highest BCUT2D eigenvalue weighted by atomic mass is 19.1. The lowest BCUT2D eigenvalue weighted by molar-refractivity contribution is -0.147. The van der Waals surface area contributed by atoms with Crippen LogP contribution in [0.15, 0.2) is 24.3 Å². The predicted octanol–water partition coefficient (Wildman–Crippen LogP) is 3.47. The summed E-state index contributed by atoms with van der Waals surface area (Å²) in [5, 5.41) is 3.19. The molecular formula is C22H29FN2O2. The molecule has 3 fully saturated rings. The van der Waals surface area contributed by atoms with Gasteiger partial charge in [-0.25, -0.2) is 4.39 Å². The van der Waals surface area contributed by atoms with Crippen LogP contribution in [0.5, 0.6) is 0 Å². The Kier molecular flexibility index (Phi) is 4.95. The van der Waals surface area contributed by atoms with Crippen molar-refractivity contribution in [3.8, 4) is 0 Å². The van der Waals surface area contributed by atoms with E-state index in [-0.39, 0.29) is 41.6 Å². The molecule has 0 spiro atoms. The average molecular weight is 372 g/mol. The first-order valence-electron chi connectivity index (χ1n) is 10.3. The van der Waals surface area contributed by atoms with Crippen molar-refractivity contribution in [1.29, 1.82) is 0 Å². The van der Waals surface area contributed by atoms with Crippen LogP contribution in [0.25, 0.3) is 0 Å². The summed E-state index contributed by atoms with van der Waals surface area (Å²) in [6.45, 7) is 4.82. The number of nitrogens with one attached hydrogen (secondary N) is 1. The van der Waals surface area contributed by atoms with Gasteiger partial charge in [0.1, 0.15) is 11.9 Å². The Balaban J connectivity index is 1.49. The fourth-order valence-corrected chi connectivity index (χ4v) is 4.60. The first-order chi connectivity index (χ1) is 12.9. The van der Waals surface area contributed by atoms with Gasteiger partial charge in [-0.3, -0.25) is 9.59 Å². The molecular weight excluding hydrogens is 343 g/mol. The van der Waals surface area contributed by atoms with Crippen molar-refractivity contribution in [2.24, 2.45) is 17.8 Å². The molecule has 146 valence electrons. The molecule has 27 heavy (non-hydrogen) atoms. The maximum atomic E-state index is 13.3. The van der Waals surface area contributed by atoms with Gasteiger partial charge >= 0.3 is 0 Å². The molecule has 2 saturated carbocycles. The van der Waals surface area contributed by atoms with Crippen LogP contribution < -0.4 is 5.32 Å². The maximum Gasteiger partial charge on any atom is 0.243 e. The van der Waals surface area contributed by atoms with Gasteiger partial charge in [-0.15, -0.1) is 0 Å². The number of amides is 2. The van der Waals surface area contributed by atoms with Crippen molar-refractivity contribution in [2.45, 2.75) is 64.0 Å². The molecule has 4 atom stereocenters. The van der Waals surface area contributed by atoms with E-state index in [0.29, 0.717) is 24.8 Å². The van der Waals surface area contributed by atoms with Crippen LogP contribution in [0.4, 0.5) is 4.39 Å². The van der Waals surface area contributed by atoms with Gasteiger partial charge in [0, 0.05) is 18.5 Å². The van der Waals surface area contributed by atoms with Crippen LogP contribution >= 0.6 is 0 Å². The molecule has 4 rings (SSSR count). The fourth-order valence-electron chi connectivity index (χ4n) is 4.60. The number of nitrogens with zero attached hydrogens (tertiary/aromatic N) is 1. The van der Waals surface area contributed by atoms with Crippen molar-refractivity contribution in [1.82, 2.24) is 10.2 Å². The van der Waals surface area contributed by atoms with Gasteiger partial charge in [0.25, 0.3) is 0 Å². The summed E-state index contributed by atoms with van der Waals surface area (Å²) in [6, 6.07) is 6.21. The normalized spacial score (nSPS) is 30.8. The molecule has 1 N–H and O–H groups in total. The van der Waals surface area contributed by atoms with E-state index < -0.39 is 0 Å². The minimum atomic E-state index is -0.358. The van der Waals surface area contributed by atoms with Crippen molar-refractivity contribution in [2.75, 3.05) is 6.54 Å². The fraction of sp³-hybridized carbons (Fsp3) is 0.636. The standard InChI is InChI=1S/C22H29FN2O2/c1-13(2)10-20-21(26)24-19(15-4-3-5-15)12-25(20)22(27)18-11-17(18)14-6-8-16(23)9-7-14/h6-9,13,15,17-20H,3-5,10-12H2,1-2H3,(H,24,26)/t17-,18+,19+,20-/m0/s1. The van der Waals surface area contributed by atoms with Gasteiger partial charge in [-0.1, -0.05) is 32.4 Å². The molecule has 1 saturated heterocycles. The molecule has 2 amide bonds. The van der Waals surface area contributed by atoms with Crippen LogP contribution in [0.3, 0.4) is 0 Å². The highest BCUT2D eigenvalue weighted by Crippen LogP contribution is 2.49. The second-order valence-electron chi connectivity index (χ2n) is 8.94. The molecule has 1 aliphatic heterocycles. The summed E-state index contributed by atoms with van der Waals surface area (Å²) in [5.41, 5.74) is 1.02. The van der Waals surface area contributed by atoms with Gasteiger partial charge in [0.05, 0.1) is 0 Å². The lowest BCUT2D eigenvalue weighted by Gasteiger charge is -2.45. The molecule has 1 aromatic carbocycles. The van der Waals surface area contributed by atoms with E-state index in [2.05, 4.69) is 19.2 Å². The Labute approximate surface area is 160 Å². The van der Waals surface area contributed by atoms with Gasteiger partial charge in [0.15, 0.2) is 0 Å². The maximum absolute atomic E-state index is 13.3. The van der Waals surface area contributed by atoms with Crippen LogP contribution in [0.2, 0.25) is 0 Å². The number of benzene rings is 1. The smallest absolute Gasteiger partial charge is 0.243 e. The summed E-state index contributed by atoms with van der Waals surface area (Å²) >= 11 is 0. The van der Waals surface area contributed by atoms with E-state index >= 15 is 0 Å². The first kappa shape index (κ1) is 18.5. The Bertz CT molecular complexity index is 714. The van der Waals surface area contributed by atoms with E-state index in [4.69, 9.17) is 0 Å². The number of carbonyl (C=O) groups excluding carboxylic acids is 2. The van der Waals surface area contributed by atoms with Gasteiger partial charge in [0.2, 0.25) is 11.8 Å². The molecule has 0 bridgehead atoms. The third kappa shape index (κ3) is 3.74. The lowest BCUT2D eigenvalue weighted by Crippen LogP contribution is -2.64. The van der Waals surface area contributed by atoms with Crippen LogP contribution in [-0.2, 0) is 9.59 Å². The SMILES string of the molecule is CC(C)C[C@H]1C(=O)N[C@@H](C2CCC2)CN1C(=O)[C@@H]1C[C@H]1c1ccc(F)cc1. The minimum Gasteiger partial charge on any atom is -0.350 e. The summed E-state index contributed by atoms with van der Waals surface area (Å²) in [7, 11) is 0. The van der Waals surface area contributed by atoms with Crippen LogP contribution in [0, 0.1) is 23.6 Å². The quantitative estimate of drug-likeness (QED) is 0.860. The molecule has 1 aromatic rings. The highest BCUT2D eigenvalue weighted by Gasteiger charge is 2.50. The van der Waals surface area contributed by atoms with E-state index in [0.717, 1.165) is 24.8 Å². The summed E-state index contributed by atoms with van der Waals surface area (Å²) in [4.78, 5) is 28.0. The molecule has 5 heteroatoms. The monoisotopic (exact) mass is 372 g/mol. The Morgan fingerprint density at radius 1 is 1.26 bits per heavy atom. The van der Waals surface area contributed by atoms with Crippen molar-refractivity contribution in [3.63, 3.8) is 0 Å². The van der Waals surface area contributed by atoms with Gasteiger partial charge in [-0.2, -0.15) is 0 Å². The Morgan fingerprint density at radius 3 is 2.56 bits per heavy atom. The summed E-state index contributed by atoms with van der Waals surface area (Å²) in [5.74, 6) is 0.811. The van der Waals surface area contributed by atoms with Crippen molar-refractivity contribution in [3.05, 3.63) is 35.6 Å². The zero-order valence-electron chi connectivity index (χ0n) is 16.2. The lowest BCUT2D eigenvalue weighted by atomic mass is 9.78. The molecule has 0 unspecified atom stereocenters. The number of piperazine rings is 1. The molecule has 4 nitrogen and oxygen atoms in total. The van der Waals surface area contributed by atoms with Crippen LogP contribution in [-0.4, -0.2) is 35.3 Å². The summed E-state index contributed by atoms with van der Waals surface area (Å²) < 4.78 is 13.2. The van der Waals surface area contributed by atoms with Gasteiger partial charge in [-0.05, 0) is 61.1 Å². The topological polar surface area (TPSA) is 49.4 Å². The van der Waals surface area contributed by atoms with Crippen molar-refractivity contribution >= 4 is 11.8 Å². The second kappa shape index (κ2) is 7.25. The van der Waals surface area contributed by atoms with E-state index in [1.807, 2.05) is 4.90 Å². The zero-order chi connectivity index (χ0) is 19.1. The third-order valence-electron chi connectivity index (χ3n) is 6.50. The van der Waals surface area contributed by atoms with Crippen molar-refractivity contribution < 1.29 is 14.0 Å². The number of rotatable bonds is 5. The molecule has 0 radical (unpaired) electrons. The molecule has 0 aromatic heterocycles. The number of halogens is 1.